The minimum Gasteiger partial charge on any atom is -0.409 e. The van der Waals surface area contributed by atoms with E-state index in [9.17, 15) is 0 Å². The fourth-order valence-corrected chi connectivity index (χ4v) is 3.63. The van der Waals surface area contributed by atoms with Crippen LogP contribution in [0.2, 0.25) is 0 Å². The molecule has 0 radical (unpaired) electrons. The van der Waals surface area contributed by atoms with Crippen LogP contribution >= 0.6 is 11.8 Å². The van der Waals surface area contributed by atoms with Crippen LogP contribution in [-0.2, 0) is 0 Å². The van der Waals surface area contributed by atoms with Crippen molar-refractivity contribution >= 4 is 17.6 Å². The SMILES string of the molecule is CSC1(C(N)=NO)CCN(CC2CCC2)CC1. The van der Waals surface area contributed by atoms with Crippen molar-refractivity contribution in [1.29, 1.82) is 0 Å². The van der Waals surface area contributed by atoms with Crippen LogP contribution < -0.4 is 5.73 Å². The van der Waals surface area contributed by atoms with Gasteiger partial charge in [-0.2, -0.15) is 11.8 Å². The number of rotatable bonds is 4. The Balaban J connectivity index is 1.86. The second-order valence-corrected chi connectivity index (χ2v) is 6.47. The highest BCUT2D eigenvalue weighted by molar-refractivity contribution is 8.00. The summed E-state index contributed by atoms with van der Waals surface area (Å²) in [7, 11) is 0. The molecule has 5 heteroatoms. The summed E-state index contributed by atoms with van der Waals surface area (Å²) in [5, 5.41) is 12.1. The Labute approximate surface area is 108 Å². The van der Waals surface area contributed by atoms with Crippen LogP contribution in [0, 0.1) is 5.92 Å². The Hall–Kier alpha value is -0.420. The fourth-order valence-electron chi connectivity index (χ4n) is 2.79. The minimum atomic E-state index is -0.134. The first-order valence-corrected chi connectivity index (χ1v) is 7.68. The molecule has 0 bridgehead atoms. The zero-order valence-electron chi connectivity index (χ0n) is 10.6. The number of likely N-dealkylation sites (tertiary alicyclic amines) is 1. The van der Waals surface area contributed by atoms with Gasteiger partial charge >= 0.3 is 0 Å². The highest BCUT2D eigenvalue weighted by atomic mass is 32.2. The molecule has 17 heavy (non-hydrogen) atoms. The third-order valence-corrected chi connectivity index (χ3v) is 5.77. The molecule has 0 amide bonds. The fraction of sp³-hybridized carbons (Fsp3) is 0.917. The van der Waals surface area contributed by atoms with E-state index >= 15 is 0 Å². The first kappa shape index (κ1) is 13.0. The maximum atomic E-state index is 8.88. The Kier molecular flexibility index (Phi) is 4.20. The van der Waals surface area contributed by atoms with Gasteiger partial charge in [-0.25, -0.2) is 0 Å². The molecule has 98 valence electrons. The number of nitrogens with zero attached hydrogens (tertiary/aromatic N) is 2. The predicted molar refractivity (Wildman–Crippen MR) is 72.7 cm³/mol. The van der Waals surface area contributed by atoms with Crippen molar-refractivity contribution in [3.8, 4) is 0 Å². The summed E-state index contributed by atoms with van der Waals surface area (Å²) in [4.78, 5) is 2.54. The van der Waals surface area contributed by atoms with Gasteiger partial charge in [-0.3, -0.25) is 0 Å². The van der Waals surface area contributed by atoms with Gasteiger partial charge in [0.15, 0.2) is 5.84 Å². The monoisotopic (exact) mass is 257 g/mol. The van der Waals surface area contributed by atoms with E-state index in [-0.39, 0.29) is 4.75 Å². The molecule has 0 atom stereocenters. The molecule has 2 aliphatic rings. The number of hydrogen-bond acceptors (Lipinski definition) is 4. The largest absolute Gasteiger partial charge is 0.409 e. The van der Waals surface area contributed by atoms with Gasteiger partial charge in [0.05, 0.1) is 4.75 Å². The lowest BCUT2D eigenvalue weighted by molar-refractivity contribution is 0.150. The zero-order valence-corrected chi connectivity index (χ0v) is 11.4. The van der Waals surface area contributed by atoms with Crippen molar-refractivity contribution in [2.24, 2.45) is 16.8 Å². The molecular weight excluding hydrogens is 234 g/mol. The topological polar surface area (TPSA) is 61.9 Å². The summed E-state index contributed by atoms with van der Waals surface area (Å²) in [6, 6.07) is 0. The number of nitrogens with two attached hydrogens (primary N) is 1. The Morgan fingerprint density at radius 3 is 2.53 bits per heavy atom. The molecule has 1 aliphatic carbocycles. The third kappa shape index (κ3) is 2.71. The lowest BCUT2D eigenvalue weighted by Crippen LogP contribution is -2.51. The van der Waals surface area contributed by atoms with Crippen molar-refractivity contribution in [2.45, 2.75) is 36.9 Å². The van der Waals surface area contributed by atoms with E-state index in [1.807, 2.05) is 0 Å². The number of hydrogen-bond donors (Lipinski definition) is 2. The van der Waals surface area contributed by atoms with Crippen molar-refractivity contribution < 1.29 is 5.21 Å². The van der Waals surface area contributed by atoms with Crippen molar-refractivity contribution in [3.63, 3.8) is 0 Å². The molecule has 0 aromatic carbocycles. The molecular formula is C12H23N3OS. The standard InChI is InChI=1S/C12H23N3OS/c1-17-12(11(13)14-16)5-7-15(8-6-12)9-10-3-2-4-10/h10,16H,2-9H2,1H3,(H2,13,14). The van der Waals surface area contributed by atoms with E-state index in [2.05, 4.69) is 16.3 Å². The number of piperidine rings is 1. The van der Waals surface area contributed by atoms with Crippen LogP contribution in [0.1, 0.15) is 32.1 Å². The molecule has 1 aliphatic heterocycles. The average molecular weight is 257 g/mol. The van der Waals surface area contributed by atoms with E-state index in [0.717, 1.165) is 31.8 Å². The summed E-state index contributed by atoms with van der Waals surface area (Å²) >= 11 is 1.72. The maximum absolute atomic E-state index is 8.88. The van der Waals surface area contributed by atoms with Crippen molar-refractivity contribution in [2.75, 3.05) is 25.9 Å². The molecule has 0 unspecified atom stereocenters. The molecule has 4 nitrogen and oxygen atoms in total. The molecule has 2 fully saturated rings. The Bertz CT molecular complexity index is 283. The van der Waals surface area contributed by atoms with Gasteiger partial charge < -0.3 is 15.8 Å². The lowest BCUT2D eigenvalue weighted by atomic mass is 9.84. The number of thioether (sulfide) groups is 1. The van der Waals surface area contributed by atoms with Gasteiger partial charge in [0, 0.05) is 6.54 Å². The first-order chi connectivity index (χ1) is 8.20. The highest BCUT2D eigenvalue weighted by Crippen LogP contribution is 2.36. The second kappa shape index (κ2) is 5.48. The smallest absolute Gasteiger partial charge is 0.155 e. The van der Waals surface area contributed by atoms with Crippen LogP contribution in [0.5, 0.6) is 0 Å². The number of oxime groups is 1. The Morgan fingerprint density at radius 1 is 1.47 bits per heavy atom. The summed E-state index contributed by atoms with van der Waals surface area (Å²) in [5.41, 5.74) is 5.84. The Morgan fingerprint density at radius 2 is 2.12 bits per heavy atom. The van der Waals surface area contributed by atoms with Crippen LogP contribution in [0.25, 0.3) is 0 Å². The third-order valence-electron chi connectivity index (χ3n) is 4.37. The molecule has 1 saturated heterocycles. The maximum Gasteiger partial charge on any atom is 0.155 e. The highest BCUT2D eigenvalue weighted by Gasteiger charge is 2.38. The zero-order chi connectivity index (χ0) is 12.3. The molecule has 1 heterocycles. The van der Waals surface area contributed by atoms with E-state index in [1.165, 1.54) is 25.8 Å². The molecule has 0 spiro atoms. The van der Waals surface area contributed by atoms with Gasteiger partial charge in [0.1, 0.15) is 0 Å². The normalized spacial score (nSPS) is 26.8. The van der Waals surface area contributed by atoms with Gasteiger partial charge in [0.25, 0.3) is 0 Å². The summed E-state index contributed by atoms with van der Waals surface area (Å²) < 4.78 is -0.134. The quantitative estimate of drug-likeness (QED) is 0.348. The van der Waals surface area contributed by atoms with Crippen molar-refractivity contribution in [1.82, 2.24) is 4.90 Å². The average Bonchev–Trinajstić information content (AvgIpc) is 2.33. The van der Waals surface area contributed by atoms with Gasteiger partial charge in [-0.05, 0) is 50.9 Å². The van der Waals surface area contributed by atoms with Gasteiger partial charge in [0.2, 0.25) is 0 Å². The van der Waals surface area contributed by atoms with E-state index < -0.39 is 0 Å². The molecule has 0 aromatic rings. The summed E-state index contributed by atoms with van der Waals surface area (Å²) in [5.74, 6) is 1.33. The van der Waals surface area contributed by atoms with Crippen LogP contribution in [0.3, 0.4) is 0 Å². The van der Waals surface area contributed by atoms with E-state index in [4.69, 9.17) is 10.9 Å². The van der Waals surface area contributed by atoms with Crippen LogP contribution in [0.4, 0.5) is 0 Å². The predicted octanol–water partition coefficient (Wildman–Crippen LogP) is 1.73. The van der Waals surface area contributed by atoms with Crippen LogP contribution in [0.15, 0.2) is 5.16 Å². The number of amidine groups is 1. The van der Waals surface area contributed by atoms with Gasteiger partial charge in [-0.1, -0.05) is 11.6 Å². The van der Waals surface area contributed by atoms with Crippen LogP contribution in [-0.4, -0.2) is 46.6 Å². The van der Waals surface area contributed by atoms with Crippen molar-refractivity contribution in [3.05, 3.63) is 0 Å². The molecule has 0 aromatic heterocycles. The first-order valence-electron chi connectivity index (χ1n) is 6.46. The lowest BCUT2D eigenvalue weighted by Gasteiger charge is -2.42. The van der Waals surface area contributed by atoms with E-state index in [0.29, 0.717) is 5.84 Å². The minimum absolute atomic E-state index is 0.134. The molecule has 1 saturated carbocycles. The molecule has 3 N–H and O–H groups in total. The van der Waals surface area contributed by atoms with E-state index in [1.54, 1.807) is 11.8 Å². The van der Waals surface area contributed by atoms with Gasteiger partial charge in [-0.15, -0.1) is 0 Å². The second-order valence-electron chi connectivity index (χ2n) is 5.28. The molecule has 2 rings (SSSR count). The summed E-state index contributed by atoms with van der Waals surface area (Å²) in [6.45, 7) is 3.40. The summed E-state index contributed by atoms with van der Waals surface area (Å²) in [6.07, 6.45) is 8.28.